The van der Waals surface area contributed by atoms with E-state index in [1.54, 1.807) is 6.20 Å². The third-order valence-electron chi connectivity index (χ3n) is 5.52. The molecule has 1 amide bonds. The number of carbonyl (C=O) groups is 1. The van der Waals surface area contributed by atoms with E-state index in [0.717, 1.165) is 76.0 Å². The van der Waals surface area contributed by atoms with Crippen molar-refractivity contribution in [2.75, 3.05) is 64.8 Å². The molecule has 2 aliphatic rings. The van der Waals surface area contributed by atoms with Crippen LogP contribution in [0.25, 0.3) is 0 Å². The maximum Gasteiger partial charge on any atom is 0.254 e. The van der Waals surface area contributed by atoms with Gasteiger partial charge in [0.2, 0.25) is 0 Å². The second-order valence-corrected chi connectivity index (χ2v) is 7.32. The summed E-state index contributed by atoms with van der Waals surface area (Å²) in [5, 5.41) is 3.22. The number of rotatable bonds is 5. The highest BCUT2D eigenvalue weighted by Crippen LogP contribution is 2.22. The summed E-state index contributed by atoms with van der Waals surface area (Å²) in [6.45, 7) is 6.84. The van der Waals surface area contributed by atoms with Gasteiger partial charge in [0.1, 0.15) is 5.82 Å². The number of amides is 1. The van der Waals surface area contributed by atoms with Crippen molar-refractivity contribution in [3.8, 4) is 0 Å². The zero-order valence-electron chi connectivity index (χ0n) is 15.6. The Labute approximate surface area is 151 Å². The molecule has 0 unspecified atom stereocenters. The highest BCUT2D eigenvalue weighted by atomic mass is 16.2. The van der Waals surface area contributed by atoms with Crippen molar-refractivity contribution in [1.29, 1.82) is 0 Å². The summed E-state index contributed by atoms with van der Waals surface area (Å²) < 4.78 is 0. The third kappa shape index (κ3) is 4.70. The first-order valence-corrected chi connectivity index (χ1v) is 9.51. The van der Waals surface area contributed by atoms with E-state index < -0.39 is 0 Å². The number of likely N-dealkylation sites (N-methyl/N-ethyl adjacent to an activating group) is 1. The number of anilines is 1. The summed E-state index contributed by atoms with van der Waals surface area (Å²) in [6, 6.07) is 3.83. The van der Waals surface area contributed by atoms with E-state index in [4.69, 9.17) is 0 Å². The van der Waals surface area contributed by atoms with E-state index >= 15 is 0 Å². The number of likely N-dealkylation sites (tertiary alicyclic amines) is 1. The van der Waals surface area contributed by atoms with Gasteiger partial charge in [-0.1, -0.05) is 0 Å². The summed E-state index contributed by atoms with van der Waals surface area (Å²) in [5.41, 5.74) is 0.776. The van der Waals surface area contributed by atoms with E-state index in [1.165, 1.54) is 6.42 Å². The molecule has 0 aliphatic carbocycles. The van der Waals surface area contributed by atoms with Gasteiger partial charge in [-0.05, 0) is 58.0 Å². The molecule has 0 atom stereocenters. The van der Waals surface area contributed by atoms with Crippen molar-refractivity contribution in [3.05, 3.63) is 23.9 Å². The van der Waals surface area contributed by atoms with E-state index in [-0.39, 0.29) is 5.91 Å². The lowest BCUT2D eigenvalue weighted by Gasteiger charge is -2.34. The minimum absolute atomic E-state index is 0.157. The number of aromatic nitrogens is 1. The quantitative estimate of drug-likeness (QED) is 0.872. The third-order valence-corrected chi connectivity index (χ3v) is 5.52. The highest BCUT2D eigenvalue weighted by molar-refractivity contribution is 5.94. The van der Waals surface area contributed by atoms with E-state index in [1.807, 2.05) is 24.1 Å². The maximum absolute atomic E-state index is 12.9. The maximum atomic E-state index is 12.9. The molecule has 2 fully saturated rings. The van der Waals surface area contributed by atoms with Crippen molar-refractivity contribution in [1.82, 2.24) is 20.1 Å². The van der Waals surface area contributed by atoms with Crippen LogP contribution < -0.4 is 10.2 Å². The number of hydrogen-bond acceptors (Lipinski definition) is 5. The van der Waals surface area contributed by atoms with Gasteiger partial charge in [0, 0.05) is 51.0 Å². The van der Waals surface area contributed by atoms with Crippen molar-refractivity contribution < 1.29 is 4.79 Å². The lowest BCUT2D eigenvalue weighted by Crippen LogP contribution is -2.45. The second-order valence-electron chi connectivity index (χ2n) is 7.32. The van der Waals surface area contributed by atoms with Crippen LogP contribution in [0.15, 0.2) is 18.3 Å². The van der Waals surface area contributed by atoms with Gasteiger partial charge >= 0.3 is 0 Å². The molecule has 25 heavy (non-hydrogen) atoms. The predicted octanol–water partition coefficient (Wildman–Crippen LogP) is 1.30. The zero-order valence-corrected chi connectivity index (χ0v) is 15.6. The Bertz CT molecular complexity index is 563. The smallest absolute Gasteiger partial charge is 0.254 e. The standard InChI is InChI=1S/C19H31N5O/c1-20-7-3-16-5-9-24(10-6-16)19(25)17-4-8-21-18(15-17)23-13-11-22(2)12-14-23/h4,8,15-16,20H,3,5-7,9-14H2,1-2H3. The first kappa shape index (κ1) is 18.1. The van der Waals surface area contributed by atoms with Crippen LogP contribution in [-0.2, 0) is 0 Å². The number of nitrogens with one attached hydrogen (secondary N) is 1. The van der Waals surface area contributed by atoms with Crippen LogP contribution >= 0.6 is 0 Å². The van der Waals surface area contributed by atoms with Gasteiger partial charge in [0.05, 0.1) is 0 Å². The van der Waals surface area contributed by atoms with Gasteiger partial charge in [-0.15, -0.1) is 0 Å². The Morgan fingerprint density at radius 3 is 2.60 bits per heavy atom. The summed E-state index contributed by atoms with van der Waals surface area (Å²) in [6.07, 6.45) is 5.22. The molecule has 0 radical (unpaired) electrons. The zero-order chi connectivity index (χ0) is 17.6. The number of pyridine rings is 1. The first-order valence-electron chi connectivity index (χ1n) is 9.51. The van der Waals surface area contributed by atoms with Crippen LogP contribution in [0.2, 0.25) is 0 Å². The molecule has 0 aromatic carbocycles. The molecule has 1 N–H and O–H groups in total. The molecule has 2 aliphatic heterocycles. The Hall–Kier alpha value is -1.66. The predicted molar refractivity (Wildman–Crippen MR) is 101 cm³/mol. The number of piperidine rings is 1. The molecule has 2 saturated heterocycles. The summed E-state index contributed by atoms with van der Waals surface area (Å²) in [7, 11) is 4.14. The second kappa shape index (κ2) is 8.63. The van der Waals surface area contributed by atoms with Gasteiger partial charge in [-0.2, -0.15) is 0 Å². The normalized spacial score (nSPS) is 20.1. The van der Waals surface area contributed by atoms with Gasteiger partial charge in [0.15, 0.2) is 0 Å². The molecule has 3 rings (SSSR count). The fraction of sp³-hybridized carbons (Fsp3) is 0.684. The minimum Gasteiger partial charge on any atom is -0.354 e. The largest absolute Gasteiger partial charge is 0.354 e. The van der Waals surface area contributed by atoms with Crippen molar-refractivity contribution in [2.45, 2.75) is 19.3 Å². The van der Waals surface area contributed by atoms with Gasteiger partial charge in [0.25, 0.3) is 5.91 Å². The highest BCUT2D eigenvalue weighted by Gasteiger charge is 2.24. The van der Waals surface area contributed by atoms with Crippen LogP contribution in [0.5, 0.6) is 0 Å². The average Bonchev–Trinajstić information content (AvgIpc) is 2.67. The molecule has 6 nitrogen and oxygen atoms in total. The van der Waals surface area contributed by atoms with Crippen molar-refractivity contribution in [2.24, 2.45) is 5.92 Å². The monoisotopic (exact) mass is 345 g/mol. The topological polar surface area (TPSA) is 51.7 Å². The van der Waals surface area contributed by atoms with Gasteiger partial charge < -0.3 is 20.0 Å². The number of hydrogen-bond donors (Lipinski definition) is 1. The van der Waals surface area contributed by atoms with E-state index in [9.17, 15) is 4.79 Å². The fourth-order valence-electron chi connectivity index (χ4n) is 3.72. The Balaban J connectivity index is 1.58. The lowest BCUT2D eigenvalue weighted by atomic mass is 9.93. The molecule has 0 bridgehead atoms. The van der Waals surface area contributed by atoms with E-state index in [0.29, 0.717) is 0 Å². The SMILES string of the molecule is CNCCC1CCN(C(=O)c2ccnc(N3CCN(C)CC3)c2)CC1. The molecule has 0 saturated carbocycles. The number of carbonyl (C=O) groups excluding carboxylic acids is 1. The van der Waals surface area contributed by atoms with Crippen molar-refractivity contribution >= 4 is 11.7 Å². The average molecular weight is 345 g/mol. The van der Waals surface area contributed by atoms with Gasteiger partial charge in [-0.3, -0.25) is 4.79 Å². The molecule has 1 aromatic heterocycles. The van der Waals surface area contributed by atoms with Gasteiger partial charge in [-0.25, -0.2) is 4.98 Å². The lowest BCUT2D eigenvalue weighted by molar-refractivity contribution is 0.0687. The van der Waals surface area contributed by atoms with Crippen LogP contribution in [0.4, 0.5) is 5.82 Å². The fourth-order valence-corrected chi connectivity index (χ4v) is 3.72. The van der Waals surface area contributed by atoms with Crippen molar-refractivity contribution in [3.63, 3.8) is 0 Å². The molecule has 6 heteroatoms. The molecule has 0 spiro atoms. The molecule has 1 aromatic rings. The molecule has 138 valence electrons. The van der Waals surface area contributed by atoms with E-state index in [2.05, 4.69) is 27.1 Å². The molecular formula is C19H31N5O. The number of nitrogens with zero attached hydrogens (tertiary/aromatic N) is 4. The van der Waals surface area contributed by atoms with Crippen LogP contribution in [0, 0.1) is 5.92 Å². The Morgan fingerprint density at radius 2 is 1.92 bits per heavy atom. The minimum atomic E-state index is 0.157. The summed E-state index contributed by atoms with van der Waals surface area (Å²) in [4.78, 5) is 24.0. The first-order chi connectivity index (χ1) is 12.2. The van der Waals surface area contributed by atoms with Crippen LogP contribution in [-0.4, -0.2) is 80.6 Å². The summed E-state index contributed by atoms with van der Waals surface area (Å²) >= 11 is 0. The summed E-state index contributed by atoms with van der Waals surface area (Å²) in [5.74, 6) is 1.84. The van der Waals surface area contributed by atoms with Crippen LogP contribution in [0.1, 0.15) is 29.6 Å². The van der Waals surface area contributed by atoms with Crippen LogP contribution in [0.3, 0.4) is 0 Å². The number of piperazine rings is 1. The Morgan fingerprint density at radius 1 is 1.20 bits per heavy atom. The Kier molecular flexibility index (Phi) is 6.26. The molecular weight excluding hydrogens is 314 g/mol. The molecule has 3 heterocycles.